The van der Waals surface area contributed by atoms with Gasteiger partial charge in [-0.05, 0) is 44.5 Å². The van der Waals surface area contributed by atoms with Crippen LogP contribution in [0.3, 0.4) is 0 Å². The third-order valence-electron chi connectivity index (χ3n) is 4.58. The number of nitrogens with zero attached hydrogens (tertiary/aromatic N) is 2. The normalized spacial score (nSPS) is 14.9. The second-order valence-corrected chi connectivity index (χ2v) is 9.57. The molecule has 1 fully saturated rings. The maximum Gasteiger partial charge on any atom is 0.227 e. The fourth-order valence-corrected chi connectivity index (χ4v) is 3.89. The Balaban J connectivity index is 1.52. The molecule has 6 nitrogen and oxygen atoms in total. The molecule has 1 aromatic carbocycles. The number of rotatable bonds is 6. The van der Waals surface area contributed by atoms with Gasteiger partial charge in [0.1, 0.15) is 6.10 Å². The number of benzene rings is 1. The van der Waals surface area contributed by atoms with Crippen LogP contribution in [0, 0.1) is 6.92 Å². The van der Waals surface area contributed by atoms with Crippen LogP contribution in [0.15, 0.2) is 47.4 Å². The maximum atomic E-state index is 12.4. The van der Waals surface area contributed by atoms with Crippen molar-refractivity contribution in [2.24, 2.45) is 0 Å². The number of likely N-dealkylation sites (tertiary alicyclic amines) is 1. The highest BCUT2D eigenvalue weighted by Gasteiger charge is 2.32. The molecule has 3 rings (SSSR count). The summed E-state index contributed by atoms with van der Waals surface area (Å²) in [6, 6.07) is 12.2. The summed E-state index contributed by atoms with van der Waals surface area (Å²) in [7, 11) is -3.29. The van der Waals surface area contributed by atoms with Gasteiger partial charge in [0, 0.05) is 11.8 Å². The zero-order chi connectivity index (χ0) is 19.6. The Hall–Kier alpha value is -2.41. The second kappa shape index (κ2) is 7.68. The molecule has 1 amide bonds. The lowest BCUT2D eigenvalue weighted by Gasteiger charge is -2.38. The summed E-state index contributed by atoms with van der Waals surface area (Å²) in [6.45, 7) is 6.28. The molecular formula is C20H24N2O4S. The van der Waals surface area contributed by atoms with Gasteiger partial charge in [0.2, 0.25) is 11.8 Å². The third kappa shape index (κ3) is 4.47. The van der Waals surface area contributed by atoms with Crippen LogP contribution in [0.4, 0.5) is 0 Å². The molecule has 7 heteroatoms. The van der Waals surface area contributed by atoms with Crippen molar-refractivity contribution in [1.82, 2.24) is 9.88 Å². The molecule has 1 aliphatic rings. The molecule has 0 aliphatic carbocycles. The lowest BCUT2D eigenvalue weighted by molar-refractivity contribution is -0.139. The topological polar surface area (TPSA) is 76.6 Å². The Bertz CT molecular complexity index is 917. The first-order valence-corrected chi connectivity index (χ1v) is 10.5. The molecule has 0 spiro atoms. The van der Waals surface area contributed by atoms with Crippen molar-refractivity contribution in [2.75, 3.05) is 13.1 Å². The van der Waals surface area contributed by atoms with E-state index in [0.717, 1.165) is 11.3 Å². The predicted octanol–water partition coefficient (Wildman–Crippen LogP) is 2.40. The van der Waals surface area contributed by atoms with Crippen LogP contribution in [-0.4, -0.2) is 48.7 Å². The van der Waals surface area contributed by atoms with Crippen LogP contribution in [0.1, 0.15) is 25.1 Å². The van der Waals surface area contributed by atoms with Crippen LogP contribution in [-0.2, 0) is 21.1 Å². The van der Waals surface area contributed by atoms with E-state index < -0.39 is 15.1 Å². The molecule has 1 aromatic heterocycles. The number of amides is 1. The number of sulfone groups is 1. The van der Waals surface area contributed by atoms with Crippen molar-refractivity contribution in [3.8, 4) is 5.88 Å². The molecular weight excluding hydrogens is 364 g/mol. The van der Waals surface area contributed by atoms with Crippen LogP contribution >= 0.6 is 0 Å². The number of aromatic nitrogens is 1. The number of ether oxygens (including phenoxy) is 1. The van der Waals surface area contributed by atoms with Gasteiger partial charge in [-0.15, -0.1) is 0 Å². The van der Waals surface area contributed by atoms with E-state index in [1.165, 1.54) is 0 Å². The van der Waals surface area contributed by atoms with E-state index in [1.54, 1.807) is 43.0 Å². The zero-order valence-corrected chi connectivity index (χ0v) is 16.6. The number of hydrogen-bond acceptors (Lipinski definition) is 5. The molecule has 2 aromatic rings. The molecule has 0 saturated carbocycles. The minimum absolute atomic E-state index is 0.00604. The molecule has 1 aliphatic heterocycles. The molecule has 0 radical (unpaired) electrons. The Labute approximate surface area is 160 Å². The minimum atomic E-state index is -3.29. The van der Waals surface area contributed by atoms with Crippen LogP contribution in [0.5, 0.6) is 5.88 Å². The molecule has 0 N–H and O–H groups in total. The van der Waals surface area contributed by atoms with Crippen molar-refractivity contribution < 1.29 is 17.9 Å². The van der Waals surface area contributed by atoms with Gasteiger partial charge in [-0.3, -0.25) is 4.79 Å². The molecule has 144 valence electrons. The molecule has 1 saturated heterocycles. The van der Waals surface area contributed by atoms with Gasteiger partial charge < -0.3 is 9.64 Å². The molecule has 2 heterocycles. The lowest BCUT2D eigenvalue weighted by atomic mass is 10.1. The molecule has 0 atom stereocenters. The average molecular weight is 388 g/mol. The largest absolute Gasteiger partial charge is 0.471 e. The summed E-state index contributed by atoms with van der Waals surface area (Å²) in [6.07, 6.45) is 0.207. The molecule has 0 unspecified atom stereocenters. The van der Waals surface area contributed by atoms with E-state index >= 15 is 0 Å². The van der Waals surface area contributed by atoms with Gasteiger partial charge in [-0.2, -0.15) is 0 Å². The Kier molecular flexibility index (Phi) is 5.51. The smallest absolute Gasteiger partial charge is 0.227 e. The average Bonchev–Trinajstić information content (AvgIpc) is 2.58. The highest BCUT2D eigenvalue weighted by Crippen LogP contribution is 2.19. The monoisotopic (exact) mass is 388 g/mol. The Morgan fingerprint density at radius 2 is 1.85 bits per heavy atom. The van der Waals surface area contributed by atoms with Crippen molar-refractivity contribution in [3.05, 3.63) is 53.7 Å². The standard InChI is InChI=1S/C20H24N2O4S/c1-14(2)27(24,25)18-9-7-16(8-10-18)11-20(23)22-12-17(13-22)26-19-6-4-5-15(3)21-19/h4-10,14,17H,11-13H2,1-3H3. The second-order valence-electron chi connectivity index (χ2n) is 7.07. The van der Waals surface area contributed by atoms with Crippen molar-refractivity contribution >= 4 is 15.7 Å². The van der Waals surface area contributed by atoms with E-state index in [4.69, 9.17) is 4.74 Å². The number of carbonyl (C=O) groups is 1. The number of hydrogen-bond donors (Lipinski definition) is 0. The fraction of sp³-hybridized carbons (Fsp3) is 0.400. The quantitative estimate of drug-likeness (QED) is 0.759. The number of carbonyl (C=O) groups excluding carboxylic acids is 1. The van der Waals surface area contributed by atoms with Gasteiger partial charge in [0.25, 0.3) is 0 Å². The first-order valence-electron chi connectivity index (χ1n) is 8.96. The van der Waals surface area contributed by atoms with E-state index in [2.05, 4.69) is 4.98 Å². The summed E-state index contributed by atoms with van der Waals surface area (Å²) >= 11 is 0. The SMILES string of the molecule is Cc1cccc(OC2CN(C(=O)Cc3ccc(S(=O)(=O)C(C)C)cc3)C2)n1. The van der Waals surface area contributed by atoms with Crippen LogP contribution < -0.4 is 4.74 Å². The van der Waals surface area contributed by atoms with Gasteiger partial charge in [-0.1, -0.05) is 18.2 Å². The number of aryl methyl sites for hydroxylation is 1. The third-order valence-corrected chi connectivity index (χ3v) is 6.75. The maximum absolute atomic E-state index is 12.4. The van der Waals surface area contributed by atoms with Gasteiger partial charge in [0.05, 0.1) is 29.7 Å². The summed E-state index contributed by atoms with van der Waals surface area (Å²) in [5, 5.41) is -0.467. The highest BCUT2D eigenvalue weighted by molar-refractivity contribution is 7.92. The van der Waals surface area contributed by atoms with E-state index in [9.17, 15) is 13.2 Å². The number of pyridine rings is 1. The lowest BCUT2D eigenvalue weighted by Crippen LogP contribution is -2.56. The first kappa shape index (κ1) is 19.4. The summed E-state index contributed by atoms with van der Waals surface area (Å²) in [5.41, 5.74) is 1.69. The van der Waals surface area contributed by atoms with Crippen LogP contribution in [0.25, 0.3) is 0 Å². The highest BCUT2D eigenvalue weighted by atomic mass is 32.2. The van der Waals surface area contributed by atoms with Gasteiger partial charge in [0.15, 0.2) is 9.84 Å². The fourth-order valence-electron chi connectivity index (χ4n) is 2.83. The summed E-state index contributed by atoms with van der Waals surface area (Å²) in [5.74, 6) is 0.584. The zero-order valence-electron chi connectivity index (χ0n) is 15.8. The van der Waals surface area contributed by atoms with Gasteiger partial charge >= 0.3 is 0 Å². The molecule has 27 heavy (non-hydrogen) atoms. The van der Waals surface area contributed by atoms with E-state index in [1.807, 2.05) is 25.1 Å². The van der Waals surface area contributed by atoms with Gasteiger partial charge in [-0.25, -0.2) is 13.4 Å². The van der Waals surface area contributed by atoms with Crippen molar-refractivity contribution in [3.63, 3.8) is 0 Å². The Morgan fingerprint density at radius 3 is 2.44 bits per heavy atom. The van der Waals surface area contributed by atoms with Crippen LogP contribution in [0.2, 0.25) is 0 Å². The summed E-state index contributed by atoms with van der Waals surface area (Å²) in [4.78, 5) is 18.7. The molecule has 0 bridgehead atoms. The minimum Gasteiger partial charge on any atom is -0.471 e. The predicted molar refractivity (Wildman–Crippen MR) is 102 cm³/mol. The Morgan fingerprint density at radius 1 is 1.19 bits per heavy atom. The van der Waals surface area contributed by atoms with Crippen molar-refractivity contribution in [2.45, 2.75) is 43.4 Å². The van der Waals surface area contributed by atoms with E-state index in [0.29, 0.717) is 19.0 Å². The summed E-state index contributed by atoms with van der Waals surface area (Å²) < 4.78 is 30.0. The van der Waals surface area contributed by atoms with Crippen molar-refractivity contribution in [1.29, 1.82) is 0 Å². The van der Waals surface area contributed by atoms with E-state index in [-0.39, 0.29) is 23.3 Å². The first-order chi connectivity index (χ1) is 12.8.